The first kappa shape index (κ1) is 13.7. The van der Waals surface area contributed by atoms with Crippen LogP contribution in [0.5, 0.6) is 5.75 Å². The van der Waals surface area contributed by atoms with Crippen LogP contribution in [-0.4, -0.2) is 18.7 Å². The molecule has 0 aromatic heterocycles. The van der Waals surface area contributed by atoms with Crippen LogP contribution in [0.1, 0.15) is 38.2 Å². The number of hydrogen-bond donors (Lipinski definition) is 2. The van der Waals surface area contributed by atoms with Gasteiger partial charge in [-0.2, -0.15) is 0 Å². The standard InChI is InChI=1S/C15H22N2O2/c1-11-6-7-13(19-3)12(10-11)16-14(18)17-15(2)8-4-5-9-15/h6-7,10H,4-5,8-9H2,1-3H3,(H2,16,17,18). The van der Waals surface area contributed by atoms with Crippen LogP contribution >= 0.6 is 0 Å². The van der Waals surface area contributed by atoms with E-state index in [1.165, 1.54) is 12.8 Å². The smallest absolute Gasteiger partial charge is 0.319 e. The van der Waals surface area contributed by atoms with E-state index < -0.39 is 0 Å². The van der Waals surface area contributed by atoms with Crippen molar-refractivity contribution in [1.29, 1.82) is 0 Å². The lowest BCUT2D eigenvalue weighted by atomic mass is 10.0. The number of hydrogen-bond acceptors (Lipinski definition) is 2. The monoisotopic (exact) mass is 262 g/mol. The molecule has 1 aliphatic carbocycles. The third kappa shape index (κ3) is 3.40. The molecule has 19 heavy (non-hydrogen) atoms. The van der Waals surface area contributed by atoms with E-state index in [1.54, 1.807) is 7.11 Å². The minimum Gasteiger partial charge on any atom is -0.495 e. The molecule has 0 spiro atoms. The summed E-state index contributed by atoms with van der Waals surface area (Å²) in [6.07, 6.45) is 4.46. The van der Waals surface area contributed by atoms with Crippen molar-refractivity contribution in [1.82, 2.24) is 5.32 Å². The summed E-state index contributed by atoms with van der Waals surface area (Å²) in [4.78, 5) is 12.1. The Labute approximate surface area is 114 Å². The van der Waals surface area contributed by atoms with Gasteiger partial charge in [0.15, 0.2) is 0 Å². The second kappa shape index (κ2) is 5.51. The Morgan fingerprint density at radius 3 is 2.63 bits per heavy atom. The number of carbonyl (C=O) groups excluding carboxylic acids is 1. The Morgan fingerprint density at radius 1 is 1.32 bits per heavy atom. The molecular formula is C15H22N2O2. The third-order valence-corrected chi connectivity index (χ3v) is 3.73. The third-order valence-electron chi connectivity index (χ3n) is 3.73. The lowest BCUT2D eigenvalue weighted by Crippen LogP contribution is -2.45. The number of rotatable bonds is 3. The average molecular weight is 262 g/mol. The molecule has 0 aliphatic heterocycles. The summed E-state index contributed by atoms with van der Waals surface area (Å²) in [5.41, 5.74) is 1.73. The van der Waals surface area contributed by atoms with Gasteiger partial charge >= 0.3 is 6.03 Å². The minimum atomic E-state index is -0.159. The molecule has 4 nitrogen and oxygen atoms in total. The number of amides is 2. The van der Waals surface area contributed by atoms with Gasteiger partial charge in [-0.05, 0) is 44.4 Å². The molecule has 104 valence electrons. The van der Waals surface area contributed by atoms with Crippen LogP contribution in [0, 0.1) is 6.92 Å². The van der Waals surface area contributed by atoms with E-state index in [4.69, 9.17) is 4.74 Å². The number of benzene rings is 1. The maximum Gasteiger partial charge on any atom is 0.319 e. The fourth-order valence-corrected chi connectivity index (χ4v) is 2.63. The van der Waals surface area contributed by atoms with Crippen molar-refractivity contribution < 1.29 is 9.53 Å². The summed E-state index contributed by atoms with van der Waals surface area (Å²) in [5.74, 6) is 0.678. The van der Waals surface area contributed by atoms with E-state index in [0.717, 1.165) is 18.4 Å². The van der Waals surface area contributed by atoms with E-state index in [-0.39, 0.29) is 11.6 Å². The predicted molar refractivity (Wildman–Crippen MR) is 76.8 cm³/mol. The van der Waals surface area contributed by atoms with Gasteiger partial charge in [0.25, 0.3) is 0 Å². The van der Waals surface area contributed by atoms with Crippen LogP contribution in [0.25, 0.3) is 0 Å². The summed E-state index contributed by atoms with van der Waals surface area (Å²) in [7, 11) is 1.60. The van der Waals surface area contributed by atoms with Gasteiger partial charge in [-0.15, -0.1) is 0 Å². The highest BCUT2D eigenvalue weighted by Crippen LogP contribution is 2.29. The minimum absolute atomic E-state index is 0.0683. The molecule has 1 saturated carbocycles. The Hall–Kier alpha value is -1.71. The van der Waals surface area contributed by atoms with E-state index in [0.29, 0.717) is 11.4 Å². The van der Waals surface area contributed by atoms with Gasteiger partial charge in [0.05, 0.1) is 12.8 Å². The molecular weight excluding hydrogens is 240 g/mol. The highest BCUT2D eigenvalue weighted by molar-refractivity contribution is 5.91. The van der Waals surface area contributed by atoms with Crippen molar-refractivity contribution in [3.63, 3.8) is 0 Å². The van der Waals surface area contributed by atoms with Crippen molar-refractivity contribution in [2.75, 3.05) is 12.4 Å². The zero-order chi connectivity index (χ0) is 13.9. The molecule has 1 aliphatic rings. The quantitative estimate of drug-likeness (QED) is 0.876. The van der Waals surface area contributed by atoms with E-state index in [9.17, 15) is 4.79 Å². The molecule has 1 fully saturated rings. The van der Waals surface area contributed by atoms with Crippen molar-refractivity contribution in [3.05, 3.63) is 23.8 Å². The molecule has 0 radical (unpaired) electrons. The molecule has 2 amide bonds. The van der Waals surface area contributed by atoms with Gasteiger partial charge in [-0.3, -0.25) is 0 Å². The first-order valence-corrected chi connectivity index (χ1v) is 6.76. The van der Waals surface area contributed by atoms with Crippen LogP contribution in [0.2, 0.25) is 0 Å². The molecule has 2 rings (SSSR count). The van der Waals surface area contributed by atoms with Gasteiger partial charge in [0, 0.05) is 5.54 Å². The largest absolute Gasteiger partial charge is 0.495 e. The molecule has 0 saturated heterocycles. The van der Waals surface area contributed by atoms with Crippen LogP contribution in [0.15, 0.2) is 18.2 Å². The molecule has 4 heteroatoms. The summed E-state index contributed by atoms with van der Waals surface area (Å²) >= 11 is 0. The second-order valence-corrected chi connectivity index (χ2v) is 5.55. The van der Waals surface area contributed by atoms with Crippen LogP contribution < -0.4 is 15.4 Å². The summed E-state index contributed by atoms with van der Waals surface area (Å²) in [6, 6.07) is 5.57. The zero-order valence-corrected chi connectivity index (χ0v) is 11.9. The molecule has 0 atom stereocenters. The number of ether oxygens (including phenoxy) is 1. The van der Waals surface area contributed by atoms with Crippen LogP contribution in [0.3, 0.4) is 0 Å². The number of carbonyl (C=O) groups is 1. The Bertz CT molecular complexity index is 465. The fourth-order valence-electron chi connectivity index (χ4n) is 2.63. The van der Waals surface area contributed by atoms with Crippen molar-refractivity contribution in [3.8, 4) is 5.75 Å². The molecule has 0 unspecified atom stereocenters. The van der Waals surface area contributed by atoms with Crippen LogP contribution in [-0.2, 0) is 0 Å². The number of anilines is 1. The van der Waals surface area contributed by atoms with Crippen molar-refractivity contribution in [2.24, 2.45) is 0 Å². The first-order chi connectivity index (χ1) is 9.02. The normalized spacial score (nSPS) is 17.0. The highest BCUT2D eigenvalue weighted by Gasteiger charge is 2.30. The Kier molecular flexibility index (Phi) is 3.98. The molecule has 0 heterocycles. The van der Waals surface area contributed by atoms with Crippen molar-refractivity contribution in [2.45, 2.75) is 45.1 Å². The van der Waals surface area contributed by atoms with E-state index in [1.807, 2.05) is 25.1 Å². The predicted octanol–water partition coefficient (Wildman–Crippen LogP) is 3.46. The lowest BCUT2D eigenvalue weighted by Gasteiger charge is -2.25. The Morgan fingerprint density at radius 2 is 2.00 bits per heavy atom. The Balaban J connectivity index is 2.04. The van der Waals surface area contributed by atoms with E-state index >= 15 is 0 Å². The zero-order valence-electron chi connectivity index (χ0n) is 11.9. The summed E-state index contributed by atoms with van der Waals surface area (Å²) in [5, 5.41) is 5.95. The summed E-state index contributed by atoms with van der Waals surface area (Å²) < 4.78 is 5.25. The maximum atomic E-state index is 12.1. The van der Waals surface area contributed by atoms with Crippen LogP contribution in [0.4, 0.5) is 10.5 Å². The fraction of sp³-hybridized carbons (Fsp3) is 0.533. The summed E-state index contributed by atoms with van der Waals surface area (Å²) in [6.45, 7) is 4.09. The molecule has 1 aromatic rings. The van der Waals surface area contributed by atoms with Gasteiger partial charge in [0.2, 0.25) is 0 Å². The van der Waals surface area contributed by atoms with E-state index in [2.05, 4.69) is 17.6 Å². The topological polar surface area (TPSA) is 50.4 Å². The average Bonchev–Trinajstić information content (AvgIpc) is 2.75. The lowest BCUT2D eigenvalue weighted by molar-refractivity contribution is 0.239. The first-order valence-electron chi connectivity index (χ1n) is 6.76. The maximum absolute atomic E-state index is 12.1. The number of urea groups is 1. The number of methoxy groups -OCH3 is 1. The highest BCUT2D eigenvalue weighted by atomic mass is 16.5. The van der Waals surface area contributed by atoms with Gasteiger partial charge in [0.1, 0.15) is 5.75 Å². The second-order valence-electron chi connectivity index (χ2n) is 5.55. The molecule has 0 bridgehead atoms. The van der Waals surface area contributed by atoms with Gasteiger partial charge in [-0.25, -0.2) is 4.79 Å². The number of aryl methyl sites for hydroxylation is 1. The van der Waals surface area contributed by atoms with Crippen molar-refractivity contribution >= 4 is 11.7 Å². The number of nitrogens with one attached hydrogen (secondary N) is 2. The molecule has 2 N–H and O–H groups in total. The van der Waals surface area contributed by atoms with Gasteiger partial charge in [-0.1, -0.05) is 18.9 Å². The SMILES string of the molecule is COc1ccc(C)cc1NC(=O)NC1(C)CCCC1. The molecule has 1 aromatic carbocycles. The van der Waals surface area contributed by atoms with Gasteiger partial charge < -0.3 is 15.4 Å².